The summed E-state index contributed by atoms with van der Waals surface area (Å²) in [6.45, 7) is 3.24. The third-order valence-corrected chi connectivity index (χ3v) is 4.46. The van der Waals surface area contributed by atoms with Crippen LogP contribution < -0.4 is 5.32 Å². The predicted molar refractivity (Wildman–Crippen MR) is 95.5 cm³/mol. The average molecular weight is 360 g/mol. The number of carbonyl (C=O) groups is 1. The molecule has 0 unspecified atom stereocenters. The number of hydrogen-bond acceptors (Lipinski definition) is 7. The fraction of sp³-hybridized carbons (Fsp3) is 0.375. The maximum absolute atomic E-state index is 12.2. The lowest BCUT2D eigenvalue weighted by Gasteiger charge is -2.16. The molecule has 0 atom stereocenters. The number of aryl methyl sites for hydroxylation is 1. The van der Waals surface area contributed by atoms with Crippen LogP contribution in [0.2, 0.25) is 0 Å². The largest absolute Gasteiger partial charge is 0.377 e. The van der Waals surface area contributed by atoms with Crippen molar-refractivity contribution < 1.29 is 9.53 Å². The van der Waals surface area contributed by atoms with E-state index >= 15 is 0 Å². The summed E-state index contributed by atoms with van der Waals surface area (Å²) in [6, 6.07) is 5.90. The summed E-state index contributed by atoms with van der Waals surface area (Å²) in [5.74, 6) is -0.130. The van der Waals surface area contributed by atoms with Crippen molar-refractivity contribution in [2.45, 2.75) is 20.1 Å². The highest BCUT2D eigenvalue weighted by Crippen LogP contribution is 2.16. The van der Waals surface area contributed by atoms with Crippen LogP contribution in [0.25, 0.3) is 5.65 Å². The number of carbonyl (C=O) groups excluding carboxylic acids is 1. The van der Waals surface area contributed by atoms with Crippen molar-refractivity contribution in [2.24, 2.45) is 0 Å². The Hall–Kier alpha value is -2.36. The molecule has 0 aliphatic heterocycles. The lowest BCUT2D eigenvalue weighted by molar-refractivity contribution is -0.117. The van der Waals surface area contributed by atoms with Crippen LogP contribution in [-0.2, 0) is 22.7 Å². The summed E-state index contributed by atoms with van der Waals surface area (Å²) in [7, 11) is 3.49. The minimum absolute atomic E-state index is 0.130. The Balaban J connectivity index is 1.60. The summed E-state index contributed by atoms with van der Waals surface area (Å²) >= 11 is 1.31. The highest BCUT2D eigenvalue weighted by atomic mass is 32.1. The van der Waals surface area contributed by atoms with Crippen molar-refractivity contribution in [1.29, 1.82) is 0 Å². The van der Waals surface area contributed by atoms with E-state index in [2.05, 4.69) is 20.5 Å². The van der Waals surface area contributed by atoms with Crippen molar-refractivity contribution in [1.82, 2.24) is 24.5 Å². The summed E-state index contributed by atoms with van der Waals surface area (Å²) in [6.07, 6.45) is 1.98. The van der Waals surface area contributed by atoms with Crippen LogP contribution in [-0.4, -0.2) is 51.1 Å². The standard InChI is InChI=1S/C16H20N6O2S/c1-11-12(22-7-5-4-6-13(22)17-11)8-21(2)9-14(23)18-16-20-19-15(25-16)10-24-3/h4-7H,8-10H2,1-3H3,(H,18,20,23). The molecule has 0 aliphatic rings. The monoisotopic (exact) mass is 360 g/mol. The first-order chi connectivity index (χ1) is 12.1. The van der Waals surface area contributed by atoms with Crippen LogP contribution in [0.3, 0.4) is 0 Å². The van der Waals surface area contributed by atoms with Gasteiger partial charge in [-0.25, -0.2) is 4.98 Å². The molecule has 3 rings (SSSR count). The smallest absolute Gasteiger partial charge is 0.240 e. The van der Waals surface area contributed by atoms with Gasteiger partial charge in [0.05, 0.1) is 17.9 Å². The second kappa shape index (κ2) is 7.68. The van der Waals surface area contributed by atoms with Crippen LogP contribution in [0, 0.1) is 6.92 Å². The molecule has 3 aromatic heterocycles. The van der Waals surface area contributed by atoms with Gasteiger partial charge in [-0.1, -0.05) is 17.4 Å². The van der Waals surface area contributed by atoms with E-state index in [0.717, 1.165) is 22.0 Å². The minimum Gasteiger partial charge on any atom is -0.377 e. The number of hydrogen-bond donors (Lipinski definition) is 1. The van der Waals surface area contributed by atoms with Crippen LogP contribution in [0.5, 0.6) is 0 Å². The normalized spacial score (nSPS) is 11.4. The summed E-state index contributed by atoms with van der Waals surface area (Å²) in [5.41, 5.74) is 2.95. The van der Waals surface area contributed by atoms with Crippen molar-refractivity contribution in [3.63, 3.8) is 0 Å². The topological polar surface area (TPSA) is 84.7 Å². The third kappa shape index (κ3) is 4.19. The highest BCUT2D eigenvalue weighted by Gasteiger charge is 2.14. The van der Waals surface area contributed by atoms with Gasteiger partial charge in [0.15, 0.2) is 0 Å². The molecule has 0 spiro atoms. The number of nitrogens with one attached hydrogen (secondary N) is 1. The number of nitrogens with zero attached hydrogens (tertiary/aromatic N) is 5. The predicted octanol–water partition coefficient (Wildman–Crippen LogP) is 1.71. The molecule has 9 heteroatoms. The number of aromatic nitrogens is 4. The number of methoxy groups -OCH3 is 1. The SMILES string of the molecule is COCc1nnc(NC(=O)CN(C)Cc2c(C)nc3ccccn23)s1. The van der Waals surface area contributed by atoms with Gasteiger partial charge in [-0.15, -0.1) is 10.2 Å². The fourth-order valence-corrected chi connectivity index (χ4v) is 3.28. The molecule has 0 aliphatic carbocycles. The van der Waals surface area contributed by atoms with Crippen LogP contribution in [0.4, 0.5) is 5.13 Å². The quantitative estimate of drug-likeness (QED) is 0.690. The van der Waals surface area contributed by atoms with Crippen molar-refractivity contribution in [3.05, 3.63) is 40.8 Å². The number of rotatable bonds is 7. The molecule has 0 radical (unpaired) electrons. The summed E-state index contributed by atoms with van der Waals surface area (Å²) in [5, 5.41) is 11.9. The molecule has 0 saturated heterocycles. The zero-order valence-electron chi connectivity index (χ0n) is 14.4. The van der Waals surface area contributed by atoms with Crippen molar-refractivity contribution >= 4 is 28.0 Å². The number of imidazole rings is 1. The molecular weight excluding hydrogens is 340 g/mol. The Morgan fingerprint density at radius 2 is 2.24 bits per heavy atom. The number of ether oxygens (including phenoxy) is 1. The van der Waals surface area contributed by atoms with Gasteiger partial charge in [-0.3, -0.25) is 15.0 Å². The number of likely N-dealkylation sites (N-methyl/N-ethyl adjacent to an activating group) is 1. The lowest BCUT2D eigenvalue weighted by atomic mass is 10.3. The van der Waals surface area contributed by atoms with Gasteiger partial charge < -0.3 is 9.14 Å². The van der Waals surface area contributed by atoms with Gasteiger partial charge in [-0.2, -0.15) is 0 Å². The molecule has 3 heterocycles. The lowest BCUT2D eigenvalue weighted by Crippen LogP contribution is -2.30. The van der Waals surface area contributed by atoms with E-state index in [1.54, 1.807) is 7.11 Å². The number of anilines is 1. The molecule has 3 aromatic rings. The van der Waals surface area contributed by atoms with Crippen LogP contribution in [0.15, 0.2) is 24.4 Å². The first-order valence-electron chi connectivity index (χ1n) is 7.79. The zero-order valence-corrected chi connectivity index (χ0v) is 15.2. The highest BCUT2D eigenvalue weighted by molar-refractivity contribution is 7.15. The van der Waals surface area contributed by atoms with E-state index in [-0.39, 0.29) is 12.5 Å². The molecule has 0 bridgehead atoms. The molecule has 25 heavy (non-hydrogen) atoms. The number of pyridine rings is 1. The molecular formula is C16H20N6O2S. The van der Waals surface area contributed by atoms with E-state index in [0.29, 0.717) is 18.3 Å². The van der Waals surface area contributed by atoms with E-state index in [1.165, 1.54) is 11.3 Å². The first kappa shape index (κ1) is 17.5. The van der Waals surface area contributed by atoms with Crippen molar-refractivity contribution in [2.75, 3.05) is 26.0 Å². The minimum atomic E-state index is -0.130. The summed E-state index contributed by atoms with van der Waals surface area (Å²) in [4.78, 5) is 18.7. The Labute approximate surface area is 149 Å². The van der Waals surface area contributed by atoms with E-state index in [9.17, 15) is 4.79 Å². The second-order valence-corrected chi connectivity index (χ2v) is 6.79. The maximum Gasteiger partial charge on any atom is 0.240 e. The Kier molecular flexibility index (Phi) is 5.37. The molecule has 1 amide bonds. The molecule has 1 N–H and O–H groups in total. The van der Waals surface area contributed by atoms with Gasteiger partial charge in [0, 0.05) is 19.9 Å². The second-order valence-electron chi connectivity index (χ2n) is 5.73. The zero-order chi connectivity index (χ0) is 17.8. The number of fused-ring (bicyclic) bond motifs is 1. The van der Waals surface area contributed by atoms with Crippen LogP contribution in [0.1, 0.15) is 16.4 Å². The van der Waals surface area contributed by atoms with E-state index < -0.39 is 0 Å². The Bertz CT molecular complexity index is 875. The van der Waals surface area contributed by atoms with Crippen molar-refractivity contribution in [3.8, 4) is 0 Å². The van der Waals surface area contributed by atoms with Gasteiger partial charge >= 0.3 is 0 Å². The number of amides is 1. The van der Waals surface area contributed by atoms with E-state index in [1.807, 2.05) is 47.7 Å². The van der Waals surface area contributed by atoms with Crippen LogP contribution >= 0.6 is 11.3 Å². The van der Waals surface area contributed by atoms with Gasteiger partial charge in [-0.05, 0) is 26.1 Å². The Morgan fingerprint density at radius 3 is 3.04 bits per heavy atom. The van der Waals surface area contributed by atoms with Gasteiger partial charge in [0.2, 0.25) is 11.0 Å². The molecule has 8 nitrogen and oxygen atoms in total. The fourth-order valence-electron chi connectivity index (χ4n) is 2.56. The van der Waals surface area contributed by atoms with Gasteiger partial charge in [0.1, 0.15) is 17.3 Å². The van der Waals surface area contributed by atoms with E-state index in [4.69, 9.17) is 4.74 Å². The maximum atomic E-state index is 12.2. The first-order valence-corrected chi connectivity index (χ1v) is 8.60. The molecule has 0 saturated carbocycles. The molecule has 132 valence electrons. The molecule has 0 aromatic carbocycles. The summed E-state index contributed by atoms with van der Waals surface area (Å²) < 4.78 is 7.04. The van der Waals surface area contributed by atoms with Gasteiger partial charge in [0.25, 0.3) is 0 Å². The third-order valence-electron chi connectivity index (χ3n) is 3.64. The molecule has 0 fully saturated rings. The Morgan fingerprint density at radius 1 is 1.40 bits per heavy atom. The average Bonchev–Trinajstić information content (AvgIpc) is 3.12.